The first-order valence-corrected chi connectivity index (χ1v) is 4.20. The van der Waals surface area contributed by atoms with Gasteiger partial charge in [-0.1, -0.05) is 30.3 Å². The Morgan fingerprint density at radius 3 is 2.62 bits per heavy atom. The molecule has 0 aliphatic rings. The van der Waals surface area contributed by atoms with Gasteiger partial charge < -0.3 is 15.2 Å². The van der Waals surface area contributed by atoms with Gasteiger partial charge in [0.15, 0.2) is 0 Å². The van der Waals surface area contributed by atoms with E-state index in [2.05, 4.69) is 5.32 Å². The molecule has 70 valence electrons. The van der Waals surface area contributed by atoms with Crippen molar-refractivity contribution in [2.24, 2.45) is 0 Å². The Balaban J connectivity index is 2.38. The third kappa shape index (κ3) is 3.36. The molecule has 0 spiro atoms. The first kappa shape index (κ1) is 9.89. The summed E-state index contributed by atoms with van der Waals surface area (Å²) in [5.41, 5.74) is 1.10. The minimum absolute atomic E-state index is 0.156. The lowest BCUT2D eigenvalue weighted by Crippen LogP contribution is -2.33. The van der Waals surface area contributed by atoms with Crippen molar-refractivity contribution in [1.29, 1.82) is 0 Å². The molecule has 0 radical (unpaired) electrons. The van der Waals surface area contributed by atoms with Gasteiger partial charge in [0.1, 0.15) is 6.29 Å². The van der Waals surface area contributed by atoms with Gasteiger partial charge in [0.2, 0.25) is 0 Å². The zero-order valence-corrected chi connectivity index (χ0v) is 7.31. The molecule has 1 aromatic rings. The number of carbonyl (C=O) groups is 1. The molecule has 13 heavy (non-hydrogen) atoms. The van der Waals surface area contributed by atoms with Crippen LogP contribution in [-0.2, 0) is 11.3 Å². The van der Waals surface area contributed by atoms with Crippen molar-refractivity contribution in [2.45, 2.75) is 12.6 Å². The van der Waals surface area contributed by atoms with Crippen LogP contribution in [0.4, 0.5) is 0 Å². The minimum atomic E-state index is -0.458. The van der Waals surface area contributed by atoms with Crippen LogP contribution in [0.5, 0.6) is 0 Å². The van der Waals surface area contributed by atoms with E-state index >= 15 is 0 Å². The highest BCUT2D eigenvalue weighted by Crippen LogP contribution is 1.97. The summed E-state index contributed by atoms with van der Waals surface area (Å²) in [5.74, 6) is 0. The topological polar surface area (TPSA) is 49.3 Å². The number of hydrogen-bond donors (Lipinski definition) is 2. The van der Waals surface area contributed by atoms with Gasteiger partial charge in [0.05, 0.1) is 12.6 Å². The van der Waals surface area contributed by atoms with E-state index in [1.165, 1.54) is 0 Å². The molecule has 0 unspecified atom stereocenters. The van der Waals surface area contributed by atoms with Crippen molar-refractivity contribution >= 4 is 6.29 Å². The van der Waals surface area contributed by atoms with Gasteiger partial charge in [-0.2, -0.15) is 0 Å². The summed E-state index contributed by atoms with van der Waals surface area (Å²) in [6.07, 6.45) is 0.711. The van der Waals surface area contributed by atoms with Gasteiger partial charge in [0.25, 0.3) is 0 Å². The fourth-order valence-electron chi connectivity index (χ4n) is 1.00. The number of benzene rings is 1. The molecule has 0 aliphatic heterocycles. The Morgan fingerprint density at radius 2 is 2.08 bits per heavy atom. The zero-order chi connectivity index (χ0) is 9.52. The molecular weight excluding hydrogens is 166 g/mol. The van der Waals surface area contributed by atoms with Gasteiger partial charge in [-0.05, 0) is 5.56 Å². The summed E-state index contributed by atoms with van der Waals surface area (Å²) in [4.78, 5) is 10.3. The quantitative estimate of drug-likeness (QED) is 0.641. The third-order valence-corrected chi connectivity index (χ3v) is 1.77. The molecule has 0 fully saturated rings. The standard InChI is InChI=1S/C10H13NO2/c12-7-10(8-13)11-6-9-4-2-1-3-5-9/h1-5,7,10-11,13H,6,8H2/t10-/m0/s1. The molecule has 2 N–H and O–H groups in total. The number of carbonyl (C=O) groups excluding carboxylic acids is 1. The van der Waals surface area contributed by atoms with E-state index in [1.54, 1.807) is 0 Å². The van der Waals surface area contributed by atoms with Crippen molar-refractivity contribution in [3.63, 3.8) is 0 Å². The maximum Gasteiger partial charge on any atom is 0.139 e. The number of hydrogen-bond acceptors (Lipinski definition) is 3. The number of aldehydes is 1. The van der Waals surface area contributed by atoms with Crippen LogP contribution in [0.1, 0.15) is 5.56 Å². The summed E-state index contributed by atoms with van der Waals surface area (Å²) in [6.45, 7) is 0.446. The first-order chi connectivity index (χ1) is 6.36. The SMILES string of the molecule is O=C[C@@H](CO)NCc1ccccc1. The Morgan fingerprint density at radius 1 is 1.38 bits per heavy atom. The van der Waals surface area contributed by atoms with E-state index in [0.29, 0.717) is 12.8 Å². The van der Waals surface area contributed by atoms with E-state index in [9.17, 15) is 4.79 Å². The summed E-state index contributed by atoms with van der Waals surface area (Å²) in [7, 11) is 0. The number of nitrogens with one attached hydrogen (secondary N) is 1. The van der Waals surface area contributed by atoms with Gasteiger partial charge in [-0.3, -0.25) is 0 Å². The van der Waals surface area contributed by atoms with Crippen LogP contribution >= 0.6 is 0 Å². The molecule has 0 saturated heterocycles. The monoisotopic (exact) mass is 179 g/mol. The fourth-order valence-corrected chi connectivity index (χ4v) is 1.00. The summed E-state index contributed by atoms with van der Waals surface area (Å²) in [6, 6.07) is 9.28. The van der Waals surface area contributed by atoms with Crippen LogP contribution < -0.4 is 5.32 Å². The van der Waals surface area contributed by atoms with Crippen LogP contribution in [0.15, 0.2) is 30.3 Å². The van der Waals surface area contributed by atoms with E-state index in [1.807, 2.05) is 30.3 Å². The second kappa shape index (κ2) is 5.45. The molecule has 0 saturated carbocycles. The van der Waals surface area contributed by atoms with E-state index < -0.39 is 6.04 Å². The maximum atomic E-state index is 10.3. The average molecular weight is 179 g/mol. The normalized spacial score (nSPS) is 12.4. The van der Waals surface area contributed by atoms with Gasteiger partial charge in [0, 0.05) is 6.54 Å². The molecule has 0 bridgehead atoms. The Kier molecular flexibility index (Phi) is 4.15. The highest BCUT2D eigenvalue weighted by atomic mass is 16.3. The maximum absolute atomic E-state index is 10.3. The van der Waals surface area contributed by atoms with E-state index in [4.69, 9.17) is 5.11 Å². The molecule has 3 nitrogen and oxygen atoms in total. The van der Waals surface area contributed by atoms with Gasteiger partial charge in [-0.25, -0.2) is 0 Å². The highest BCUT2D eigenvalue weighted by molar-refractivity contribution is 5.57. The van der Waals surface area contributed by atoms with Crippen molar-refractivity contribution in [3.8, 4) is 0 Å². The minimum Gasteiger partial charge on any atom is -0.394 e. The summed E-state index contributed by atoms with van der Waals surface area (Å²) >= 11 is 0. The fraction of sp³-hybridized carbons (Fsp3) is 0.300. The second-order valence-electron chi connectivity index (χ2n) is 2.79. The van der Waals surface area contributed by atoms with Crippen molar-refractivity contribution in [2.75, 3.05) is 6.61 Å². The number of rotatable bonds is 5. The largest absolute Gasteiger partial charge is 0.394 e. The van der Waals surface area contributed by atoms with Crippen LogP contribution in [0.25, 0.3) is 0 Å². The molecule has 0 amide bonds. The van der Waals surface area contributed by atoms with Crippen LogP contribution in [0.3, 0.4) is 0 Å². The lowest BCUT2D eigenvalue weighted by atomic mass is 10.2. The van der Waals surface area contributed by atoms with Crippen LogP contribution in [0, 0.1) is 0 Å². The highest BCUT2D eigenvalue weighted by Gasteiger charge is 2.02. The number of aliphatic hydroxyl groups is 1. The predicted molar refractivity (Wildman–Crippen MR) is 50.2 cm³/mol. The van der Waals surface area contributed by atoms with Crippen molar-refractivity contribution in [1.82, 2.24) is 5.32 Å². The Labute approximate surface area is 77.4 Å². The molecule has 1 atom stereocenters. The molecular formula is C10H13NO2. The molecule has 1 rings (SSSR count). The predicted octanol–water partition coefficient (Wildman–Crippen LogP) is 0.336. The molecule has 1 aromatic carbocycles. The van der Waals surface area contributed by atoms with Crippen LogP contribution in [-0.4, -0.2) is 24.0 Å². The number of aliphatic hydroxyl groups excluding tert-OH is 1. The summed E-state index contributed by atoms with van der Waals surface area (Å²) in [5, 5.41) is 11.6. The molecule has 0 aromatic heterocycles. The smallest absolute Gasteiger partial charge is 0.139 e. The zero-order valence-electron chi connectivity index (χ0n) is 7.31. The van der Waals surface area contributed by atoms with Gasteiger partial charge >= 0.3 is 0 Å². The van der Waals surface area contributed by atoms with E-state index in [0.717, 1.165) is 5.56 Å². The lowest BCUT2D eigenvalue weighted by molar-refractivity contribution is -0.110. The first-order valence-electron chi connectivity index (χ1n) is 4.20. The summed E-state index contributed by atoms with van der Waals surface area (Å²) < 4.78 is 0. The molecule has 0 heterocycles. The average Bonchev–Trinajstić information content (AvgIpc) is 2.21. The van der Waals surface area contributed by atoms with Crippen LogP contribution in [0.2, 0.25) is 0 Å². The third-order valence-electron chi connectivity index (χ3n) is 1.77. The van der Waals surface area contributed by atoms with Gasteiger partial charge in [-0.15, -0.1) is 0 Å². The van der Waals surface area contributed by atoms with Crippen molar-refractivity contribution in [3.05, 3.63) is 35.9 Å². The van der Waals surface area contributed by atoms with E-state index in [-0.39, 0.29) is 6.61 Å². The molecule has 0 aliphatic carbocycles. The molecule has 3 heteroatoms. The van der Waals surface area contributed by atoms with Crippen molar-refractivity contribution < 1.29 is 9.90 Å². The lowest BCUT2D eigenvalue weighted by Gasteiger charge is -2.08. The Bertz CT molecular complexity index is 248. The second-order valence-corrected chi connectivity index (χ2v) is 2.79. The Hall–Kier alpha value is -1.19.